The molecular formula is C14H13N5O. The van der Waals surface area contributed by atoms with Gasteiger partial charge in [0.15, 0.2) is 17.3 Å². The van der Waals surface area contributed by atoms with Gasteiger partial charge in [-0.3, -0.25) is 0 Å². The number of ether oxygens (including phenoxy) is 1. The molecule has 0 aliphatic carbocycles. The van der Waals surface area contributed by atoms with Crippen LogP contribution >= 0.6 is 0 Å². The van der Waals surface area contributed by atoms with Gasteiger partial charge in [0.25, 0.3) is 0 Å². The van der Waals surface area contributed by atoms with Gasteiger partial charge in [-0.2, -0.15) is 0 Å². The van der Waals surface area contributed by atoms with Crippen LogP contribution in [0, 0.1) is 6.92 Å². The molecule has 0 atom stereocenters. The monoisotopic (exact) mass is 267 g/mol. The van der Waals surface area contributed by atoms with Crippen LogP contribution in [0.25, 0.3) is 11.2 Å². The number of fused-ring (bicyclic) bond motifs is 1. The molecule has 6 heteroatoms. The van der Waals surface area contributed by atoms with E-state index in [1.165, 1.54) is 5.56 Å². The van der Waals surface area contributed by atoms with Gasteiger partial charge in [-0.25, -0.2) is 19.9 Å². The number of aromatic nitrogens is 4. The molecule has 3 rings (SSSR count). The Hall–Kier alpha value is -2.76. The second-order valence-electron chi connectivity index (χ2n) is 4.36. The summed E-state index contributed by atoms with van der Waals surface area (Å²) in [5.74, 6) is 1.55. The first-order valence-electron chi connectivity index (χ1n) is 6.15. The maximum Gasteiger partial charge on any atom is 0.183 e. The normalized spacial score (nSPS) is 10.7. The summed E-state index contributed by atoms with van der Waals surface area (Å²) in [6, 6.07) is 7.77. The Morgan fingerprint density at radius 1 is 1.05 bits per heavy atom. The number of nitrogens with zero attached hydrogens (tertiary/aromatic N) is 4. The fourth-order valence-electron chi connectivity index (χ4n) is 1.78. The molecule has 2 N–H and O–H groups in total. The van der Waals surface area contributed by atoms with Crippen LogP contribution < -0.4 is 10.5 Å². The SMILES string of the molecule is Cc1ccc(OCc2nc(N)c3nccnc3n2)cc1. The van der Waals surface area contributed by atoms with Crippen molar-refractivity contribution in [3.05, 3.63) is 48.0 Å². The van der Waals surface area contributed by atoms with Crippen molar-refractivity contribution in [3.8, 4) is 5.75 Å². The van der Waals surface area contributed by atoms with Crippen LogP contribution in [0.5, 0.6) is 5.75 Å². The zero-order valence-electron chi connectivity index (χ0n) is 10.9. The van der Waals surface area contributed by atoms with Crippen molar-refractivity contribution < 1.29 is 4.74 Å². The molecule has 1 aromatic carbocycles. The standard InChI is InChI=1S/C14H13N5O/c1-9-2-4-10(5-3-9)20-8-11-18-13(15)12-14(19-11)17-7-6-16-12/h2-7H,8H2,1H3,(H2,15,17,18,19). The van der Waals surface area contributed by atoms with E-state index in [-0.39, 0.29) is 6.61 Å². The highest BCUT2D eigenvalue weighted by molar-refractivity contribution is 5.80. The van der Waals surface area contributed by atoms with Gasteiger partial charge in [-0.15, -0.1) is 0 Å². The molecule has 0 aliphatic rings. The van der Waals surface area contributed by atoms with E-state index < -0.39 is 0 Å². The third-order valence-electron chi connectivity index (χ3n) is 2.79. The number of nitrogen functional groups attached to an aromatic ring is 1. The molecule has 0 unspecified atom stereocenters. The van der Waals surface area contributed by atoms with E-state index in [0.717, 1.165) is 5.75 Å². The summed E-state index contributed by atoms with van der Waals surface area (Å²) in [7, 11) is 0. The third kappa shape index (κ3) is 2.49. The molecule has 0 amide bonds. The lowest BCUT2D eigenvalue weighted by atomic mass is 10.2. The molecule has 0 radical (unpaired) electrons. The van der Waals surface area contributed by atoms with Crippen molar-refractivity contribution in [1.82, 2.24) is 19.9 Å². The Labute approximate surface area is 115 Å². The van der Waals surface area contributed by atoms with E-state index in [9.17, 15) is 0 Å². The van der Waals surface area contributed by atoms with Gasteiger partial charge in [0.1, 0.15) is 17.9 Å². The summed E-state index contributed by atoms with van der Waals surface area (Å²) in [5.41, 5.74) is 8.00. The van der Waals surface area contributed by atoms with E-state index in [2.05, 4.69) is 19.9 Å². The third-order valence-corrected chi connectivity index (χ3v) is 2.79. The number of hydrogen-bond donors (Lipinski definition) is 1. The Bertz CT molecular complexity index is 742. The molecule has 0 aliphatic heterocycles. The minimum atomic E-state index is 0.236. The van der Waals surface area contributed by atoms with Crippen LogP contribution in [0.1, 0.15) is 11.4 Å². The van der Waals surface area contributed by atoms with Crippen LogP contribution in [0.3, 0.4) is 0 Å². The molecule has 0 spiro atoms. The molecular weight excluding hydrogens is 254 g/mol. The fraction of sp³-hybridized carbons (Fsp3) is 0.143. The molecule has 0 bridgehead atoms. The second-order valence-corrected chi connectivity index (χ2v) is 4.36. The van der Waals surface area contributed by atoms with Crippen LogP contribution in [0.2, 0.25) is 0 Å². The first-order chi connectivity index (χ1) is 9.72. The Morgan fingerprint density at radius 3 is 2.60 bits per heavy atom. The molecule has 20 heavy (non-hydrogen) atoms. The van der Waals surface area contributed by atoms with Gasteiger partial charge in [0.05, 0.1) is 0 Å². The Morgan fingerprint density at radius 2 is 1.80 bits per heavy atom. The summed E-state index contributed by atoms with van der Waals surface area (Å²) in [6.45, 7) is 2.26. The average Bonchev–Trinajstić information content (AvgIpc) is 2.47. The van der Waals surface area contributed by atoms with Crippen LogP contribution in [-0.4, -0.2) is 19.9 Å². The van der Waals surface area contributed by atoms with E-state index in [1.54, 1.807) is 12.4 Å². The van der Waals surface area contributed by atoms with Crippen molar-refractivity contribution in [3.63, 3.8) is 0 Å². The maximum absolute atomic E-state index is 5.84. The predicted octanol–water partition coefficient (Wildman–Crippen LogP) is 1.89. The van der Waals surface area contributed by atoms with E-state index >= 15 is 0 Å². The lowest BCUT2D eigenvalue weighted by Gasteiger charge is -2.07. The largest absolute Gasteiger partial charge is 0.486 e. The number of benzene rings is 1. The highest BCUT2D eigenvalue weighted by Gasteiger charge is 2.07. The Balaban J connectivity index is 1.82. The summed E-state index contributed by atoms with van der Waals surface area (Å²) in [4.78, 5) is 16.7. The highest BCUT2D eigenvalue weighted by atomic mass is 16.5. The predicted molar refractivity (Wildman–Crippen MR) is 75.1 cm³/mol. The topological polar surface area (TPSA) is 86.8 Å². The van der Waals surface area contributed by atoms with Crippen molar-refractivity contribution >= 4 is 17.0 Å². The molecule has 0 saturated heterocycles. The minimum Gasteiger partial charge on any atom is -0.486 e. The first-order valence-corrected chi connectivity index (χ1v) is 6.15. The minimum absolute atomic E-state index is 0.236. The first kappa shape index (κ1) is 12.3. The molecule has 2 heterocycles. The van der Waals surface area contributed by atoms with Gasteiger partial charge < -0.3 is 10.5 Å². The van der Waals surface area contributed by atoms with Crippen molar-refractivity contribution in [2.24, 2.45) is 0 Å². The van der Waals surface area contributed by atoms with Crippen LogP contribution in [-0.2, 0) is 6.61 Å². The number of aryl methyl sites for hydroxylation is 1. The van der Waals surface area contributed by atoms with E-state index in [0.29, 0.717) is 22.8 Å². The van der Waals surface area contributed by atoms with E-state index in [4.69, 9.17) is 10.5 Å². The molecule has 2 aromatic heterocycles. The number of anilines is 1. The zero-order valence-corrected chi connectivity index (χ0v) is 10.9. The van der Waals surface area contributed by atoms with Gasteiger partial charge in [-0.05, 0) is 19.1 Å². The van der Waals surface area contributed by atoms with Crippen molar-refractivity contribution in [2.75, 3.05) is 5.73 Å². The molecule has 3 aromatic rings. The van der Waals surface area contributed by atoms with Gasteiger partial charge >= 0.3 is 0 Å². The lowest BCUT2D eigenvalue weighted by Crippen LogP contribution is -2.06. The zero-order chi connectivity index (χ0) is 13.9. The summed E-state index contributed by atoms with van der Waals surface area (Å²) in [6.07, 6.45) is 3.13. The average molecular weight is 267 g/mol. The van der Waals surface area contributed by atoms with Crippen LogP contribution in [0.15, 0.2) is 36.7 Å². The molecule has 0 saturated carbocycles. The summed E-state index contributed by atoms with van der Waals surface area (Å²) >= 11 is 0. The lowest BCUT2D eigenvalue weighted by molar-refractivity contribution is 0.296. The molecule has 100 valence electrons. The van der Waals surface area contributed by atoms with Crippen LogP contribution in [0.4, 0.5) is 5.82 Å². The van der Waals surface area contributed by atoms with Gasteiger partial charge in [-0.1, -0.05) is 17.7 Å². The number of nitrogens with two attached hydrogens (primary N) is 1. The number of rotatable bonds is 3. The highest BCUT2D eigenvalue weighted by Crippen LogP contribution is 2.15. The Kier molecular flexibility index (Phi) is 3.12. The van der Waals surface area contributed by atoms with Crippen molar-refractivity contribution in [2.45, 2.75) is 13.5 Å². The summed E-state index contributed by atoms with van der Waals surface area (Å²) < 4.78 is 5.62. The smallest absolute Gasteiger partial charge is 0.183 e. The van der Waals surface area contributed by atoms with Crippen molar-refractivity contribution in [1.29, 1.82) is 0 Å². The van der Waals surface area contributed by atoms with Gasteiger partial charge in [0.2, 0.25) is 0 Å². The number of hydrogen-bond acceptors (Lipinski definition) is 6. The van der Waals surface area contributed by atoms with Gasteiger partial charge in [0, 0.05) is 12.4 Å². The second kappa shape index (κ2) is 5.08. The maximum atomic E-state index is 5.84. The summed E-state index contributed by atoms with van der Waals surface area (Å²) in [5, 5.41) is 0. The molecule has 6 nitrogen and oxygen atoms in total. The van der Waals surface area contributed by atoms with E-state index in [1.807, 2.05) is 31.2 Å². The molecule has 0 fully saturated rings. The fourth-order valence-corrected chi connectivity index (χ4v) is 1.78. The quantitative estimate of drug-likeness (QED) is 0.779.